The lowest BCUT2D eigenvalue weighted by molar-refractivity contribution is 0.0690. The zero-order chi connectivity index (χ0) is 12.6. The highest BCUT2D eigenvalue weighted by atomic mass is 16.4. The monoisotopic (exact) mass is 237 g/mol. The number of nitrogens with one attached hydrogen (secondary N) is 1. The lowest BCUT2D eigenvalue weighted by Gasteiger charge is -2.04. The van der Waals surface area contributed by atoms with Crippen molar-refractivity contribution in [1.82, 2.24) is 14.6 Å². The molecule has 0 bridgehead atoms. The first-order valence-electron chi connectivity index (χ1n) is 5.00. The van der Waals surface area contributed by atoms with E-state index in [1.807, 2.05) is 0 Å². The van der Waals surface area contributed by atoms with Crippen molar-refractivity contribution in [2.45, 2.75) is 13.3 Å². The van der Waals surface area contributed by atoms with Crippen molar-refractivity contribution in [3.05, 3.63) is 33.4 Å². The summed E-state index contributed by atoms with van der Waals surface area (Å²) < 4.78 is 1.36. The van der Waals surface area contributed by atoms with Crippen molar-refractivity contribution in [3.63, 3.8) is 0 Å². The van der Waals surface area contributed by atoms with Gasteiger partial charge in [-0.15, -0.1) is 0 Å². The Balaban J connectivity index is 2.73. The minimum Gasteiger partial charge on any atom is -0.476 e. The Kier molecular flexibility index (Phi) is 2.68. The summed E-state index contributed by atoms with van der Waals surface area (Å²) in [4.78, 5) is 25.0. The van der Waals surface area contributed by atoms with Gasteiger partial charge < -0.3 is 15.2 Å². The zero-order valence-corrected chi connectivity index (χ0v) is 9.10. The van der Waals surface area contributed by atoms with E-state index >= 15 is 0 Å². The summed E-state index contributed by atoms with van der Waals surface area (Å²) in [5.74, 6) is -1.15. The molecule has 0 aliphatic rings. The summed E-state index contributed by atoms with van der Waals surface area (Å²) in [6, 6.07) is 1.29. The van der Waals surface area contributed by atoms with Crippen LogP contribution in [0.3, 0.4) is 0 Å². The molecule has 0 aliphatic heterocycles. The molecular weight excluding hydrogens is 226 g/mol. The number of hydrogen-bond acceptors (Lipinski definition) is 4. The van der Waals surface area contributed by atoms with Gasteiger partial charge in [0.2, 0.25) is 0 Å². The fourth-order valence-electron chi connectivity index (χ4n) is 1.72. The molecule has 0 aromatic carbocycles. The third-order valence-corrected chi connectivity index (χ3v) is 2.56. The van der Waals surface area contributed by atoms with Crippen LogP contribution in [0.2, 0.25) is 0 Å². The van der Waals surface area contributed by atoms with Crippen LogP contribution in [-0.2, 0) is 6.42 Å². The number of aryl methyl sites for hydroxylation is 1. The van der Waals surface area contributed by atoms with Crippen molar-refractivity contribution in [2.75, 3.05) is 6.61 Å². The highest BCUT2D eigenvalue weighted by Crippen LogP contribution is 2.08. The average Bonchev–Trinajstić information content (AvgIpc) is 2.68. The summed E-state index contributed by atoms with van der Waals surface area (Å²) in [7, 11) is 0. The maximum atomic E-state index is 11.7. The Morgan fingerprint density at radius 2 is 2.29 bits per heavy atom. The predicted octanol–water partition coefficient (Wildman–Crippen LogP) is -0.436. The van der Waals surface area contributed by atoms with Gasteiger partial charge >= 0.3 is 5.97 Å². The number of hydrogen-bond donors (Lipinski definition) is 3. The molecular formula is C10H11N3O4. The number of carbonyl (C=O) groups is 1. The molecule has 0 unspecified atom stereocenters. The van der Waals surface area contributed by atoms with E-state index in [1.54, 1.807) is 6.92 Å². The number of carboxylic acid groups (broad SMARTS) is 1. The normalized spacial score (nSPS) is 10.9. The average molecular weight is 237 g/mol. The predicted molar refractivity (Wildman–Crippen MR) is 58.3 cm³/mol. The molecule has 7 heteroatoms. The maximum absolute atomic E-state index is 11.7. The number of rotatable bonds is 3. The second-order valence-electron chi connectivity index (χ2n) is 3.62. The number of aromatic carboxylic acids is 1. The van der Waals surface area contributed by atoms with Crippen molar-refractivity contribution in [1.29, 1.82) is 0 Å². The molecule has 0 saturated carbocycles. The molecule has 3 N–H and O–H groups in total. The number of aliphatic hydroxyl groups is 1. The molecule has 0 atom stereocenters. The van der Waals surface area contributed by atoms with Gasteiger partial charge in [-0.2, -0.15) is 5.10 Å². The van der Waals surface area contributed by atoms with Gasteiger partial charge in [-0.25, -0.2) is 9.31 Å². The Bertz CT molecular complexity index is 641. The minimum absolute atomic E-state index is 0.134. The molecule has 2 aromatic rings. The SMILES string of the molecule is Cc1c(CCO)c(=O)[nH]c2cc(C(=O)O)nn12. The summed E-state index contributed by atoms with van der Waals surface area (Å²) in [5.41, 5.74) is 0.794. The Morgan fingerprint density at radius 3 is 2.88 bits per heavy atom. The van der Waals surface area contributed by atoms with Crippen molar-refractivity contribution >= 4 is 11.6 Å². The number of H-pyrrole nitrogens is 1. The maximum Gasteiger partial charge on any atom is 0.356 e. The summed E-state index contributed by atoms with van der Waals surface area (Å²) in [6.07, 6.45) is 0.208. The molecule has 2 aromatic heterocycles. The number of fused-ring (bicyclic) bond motifs is 1. The molecule has 0 aliphatic carbocycles. The van der Waals surface area contributed by atoms with Crippen LogP contribution in [-0.4, -0.2) is 37.4 Å². The Hall–Kier alpha value is -2.15. The van der Waals surface area contributed by atoms with Gasteiger partial charge in [0.1, 0.15) is 5.65 Å². The van der Waals surface area contributed by atoms with Gasteiger partial charge in [-0.05, 0) is 6.92 Å². The first kappa shape index (κ1) is 11.3. The number of aromatic amines is 1. The molecule has 17 heavy (non-hydrogen) atoms. The number of aliphatic hydroxyl groups excluding tert-OH is 1. The third-order valence-electron chi connectivity index (χ3n) is 2.56. The molecule has 7 nitrogen and oxygen atoms in total. The molecule has 0 saturated heterocycles. The molecule has 0 spiro atoms. The van der Waals surface area contributed by atoms with Crippen molar-refractivity contribution < 1.29 is 15.0 Å². The van der Waals surface area contributed by atoms with E-state index in [1.165, 1.54) is 10.6 Å². The zero-order valence-electron chi connectivity index (χ0n) is 9.10. The quantitative estimate of drug-likeness (QED) is 0.671. The minimum atomic E-state index is -1.15. The summed E-state index contributed by atoms with van der Waals surface area (Å²) >= 11 is 0. The first-order chi connectivity index (χ1) is 8.04. The van der Waals surface area contributed by atoms with Gasteiger partial charge in [0.25, 0.3) is 5.56 Å². The van der Waals surface area contributed by atoms with Gasteiger partial charge in [0.05, 0.1) is 5.69 Å². The van der Waals surface area contributed by atoms with Gasteiger partial charge in [-0.3, -0.25) is 4.79 Å². The van der Waals surface area contributed by atoms with E-state index in [-0.39, 0.29) is 24.3 Å². The van der Waals surface area contributed by atoms with Crippen LogP contribution in [0.25, 0.3) is 5.65 Å². The molecule has 0 radical (unpaired) electrons. The number of nitrogens with zero attached hydrogens (tertiary/aromatic N) is 2. The van der Waals surface area contributed by atoms with E-state index in [0.29, 0.717) is 16.9 Å². The Morgan fingerprint density at radius 1 is 1.59 bits per heavy atom. The van der Waals surface area contributed by atoms with Crippen LogP contribution in [0.5, 0.6) is 0 Å². The second-order valence-corrected chi connectivity index (χ2v) is 3.62. The first-order valence-corrected chi connectivity index (χ1v) is 5.00. The summed E-state index contributed by atoms with van der Waals surface area (Å²) in [5, 5.41) is 21.5. The highest BCUT2D eigenvalue weighted by Gasteiger charge is 2.14. The standard InChI is InChI=1S/C10H11N3O4/c1-5-6(2-3-14)9(15)11-8-4-7(10(16)17)12-13(5)8/h4,14H,2-3H2,1H3,(H,11,15)(H,16,17). The second kappa shape index (κ2) is 4.02. The van der Waals surface area contributed by atoms with Crippen LogP contribution in [0.15, 0.2) is 10.9 Å². The van der Waals surface area contributed by atoms with Crippen molar-refractivity contribution in [3.8, 4) is 0 Å². The fourth-order valence-corrected chi connectivity index (χ4v) is 1.72. The van der Waals surface area contributed by atoms with Gasteiger partial charge in [0.15, 0.2) is 5.69 Å². The molecule has 0 amide bonds. The van der Waals surface area contributed by atoms with E-state index in [9.17, 15) is 9.59 Å². The smallest absolute Gasteiger partial charge is 0.356 e. The third kappa shape index (κ3) is 1.80. The molecule has 2 heterocycles. The summed E-state index contributed by atoms with van der Waals surface area (Å²) in [6.45, 7) is 1.51. The topological polar surface area (TPSA) is 108 Å². The number of aromatic nitrogens is 3. The van der Waals surface area contributed by atoms with Crippen LogP contribution in [0.1, 0.15) is 21.7 Å². The van der Waals surface area contributed by atoms with Crippen LogP contribution in [0, 0.1) is 6.92 Å². The molecule has 0 fully saturated rings. The van der Waals surface area contributed by atoms with Crippen LogP contribution in [0.4, 0.5) is 0 Å². The van der Waals surface area contributed by atoms with E-state index in [2.05, 4.69) is 10.1 Å². The van der Waals surface area contributed by atoms with Crippen LogP contribution < -0.4 is 5.56 Å². The van der Waals surface area contributed by atoms with E-state index in [4.69, 9.17) is 10.2 Å². The Labute approximate surface area is 95.3 Å². The fraction of sp³-hybridized carbons (Fsp3) is 0.300. The largest absolute Gasteiger partial charge is 0.476 e. The van der Waals surface area contributed by atoms with Gasteiger partial charge in [0, 0.05) is 24.7 Å². The van der Waals surface area contributed by atoms with E-state index < -0.39 is 5.97 Å². The molecule has 90 valence electrons. The van der Waals surface area contributed by atoms with E-state index in [0.717, 1.165) is 0 Å². The van der Waals surface area contributed by atoms with Crippen LogP contribution >= 0.6 is 0 Å². The lowest BCUT2D eigenvalue weighted by Crippen LogP contribution is -2.19. The lowest BCUT2D eigenvalue weighted by atomic mass is 10.2. The highest BCUT2D eigenvalue weighted by molar-refractivity contribution is 5.86. The number of carboxylic acids is 1. The van der Waals surface area contributed by atoms with Gasteiger partial charge in [-0.1, -0.05) is 0 Å². The molecule has 2 rings (SSSR count). The van der Waals surface area contributed by atoms with Crippen molar-refractivity contribution in [2.24, 2.45) is 0 Å².